The predicted molar refractivity (Wildman–Crippen MR) is 118 cm³/mol. The van der Waals surface area contributed by atoms with Gasteiger partial charge in [-0.3, -0.25) is 14.4 Å². The van der Waals surface area contributed by atoms with Crippen LogP contribution in [0.25, 0.3) is 0 Å². The number of hydrogen-bond donors (Lipinski definition) is 2. The van der Waals surface area contributed by atoms with E-state index in [1.165, 1.54) is 29.2 Å². The molecule has 2 N–H and O–H groups in total. The molecule has 1 saturated heterocycles. The van der Waals surface area contributed by atoms with Crippen LogP contribution in [0.3, 0.4) is 0 Å². The van der Waals surface area contributed by atoms with E-state index in [9.17, 15) is 18.3 Å². The fourth-order valence-corrected chi connectivity index (χ4v) is 4.84. The summed E-state index contributed by atoms with van der Waals surface area (Å²) in [7, 11) is -2.25. The van der Waals surface area contributed by atoms with Crippen LogP contribution in [-0.4, -0.2) is 84.3 Å². The number of sulfonamides is 1. The SMILES string of the molecule is COc1nc(NS(C)(=O)=O)cc(C(=O)N2CC[C@@H](N3CCc4ccccc4C3)[C@H](O)C2)n1. The minimum absolute atomic E-state index is 0.000509. The Kier molecular flexibility index (Phi) is 6.31. The van der Waals surface area contributed by atoms with Crippen molar-refractivity contribution in [2.75, 3.05) is 37.7 Å². The van der Waals surface area contributed by atoms with Crippen LogP contribution in [0.1, 0.15) is 28.0 Å². The van der Waals surface area contributed by atoms with Crippen LogP contribution in [0.5, 0.6) is 6.01 Å². The molecule has 1 fully saturated rings. The van der Waals surface area contributed by atoms with Gasteiger partial charge in [0.15, 0.2) is 0 Å². The number of rotatable bonds is 5. The van der Waals surface area contributed by atoms with Gasteiger partial charge >= 0.3 is 6.01 Å². The number of carbonyl (C=O) groups is 1. The summed E-state index contributed by atoms with van der Waals surface area (Å²) in [6.45, 7) is 2.29. The van der Waals surface area contributed by atoms with E-state index in [0.717, 1.165) is 25.8 Å². The minimum atomic E-state index is -3.59. The number of benzene rings is 1. The van der Waals surface area contributed by atoms with Gasteiger partial charge in [0.05, 0.1) is 19.5 Å². The van der Waals surface area contributed by atoms with Crippen molar-refractivity contribution in [3.8, 4) is 6.01 Å². The molecule has 1 amide bonds. The molecule has 2 aliphatic heterocycles. The monoisotopic (exact) mass is 461 g/mol. The Balaban J connectivity index is 1.45. The third-order valence-electron chi connectivity index (χ3n) is 5.86. The number of aromatic nitrogens is 2. The summed E-state index contributed by atoms with van der Waals surface area (Å²) in [4.78, 5) is 24.9. The zero-order valence-corrected chi connectivity index (χ0v) is 18.9. The molecule has 11 heteroatoms. The summed E-state index contributed by atoms with van der Waals surface area (Å²) in [5.74, 6) is -0.464. The van der Waals surface area contributed by atoms with Gasteiger partial charge < -0.3 is 14.7 Å². The van der Waals surface area contributed by atoms with Crippen molar-refractivity contribution in [2.24, 2.45) is 0 Å². The van der Waals surface area contributed by atoms with E-state index in [2.05, 4.69) is 31.7 Å². The minimum Gasteiger partial charge on any atom is -0.467 e. The lowest BCUT2D eigenvalue weighted by Gasteiger charge is -2.43. The van der Waals surface area contributed by atoms with Crippen LogP contribution < -0.4 is 9.46 Å². The van der Waals surface area contributed by atoms with Crippen LogP contribution in [0, 0.1) is 0 Å². The summed E-state index contributed by atoms with van der Waals surface area (Å²) >= 11 is 0. The highest BCUT2D eigenvalue weighted by molar-refractivity contribution is 7.92. The van der Waals surface area contributed by atoms with Crippen molar-refractivity contribution in [2.45, 2.75) is 31.5 Å². The molecule has 4 rings (SSSR count). The molecule has 0 spiro atoms. The molecule has 2 aliphatic rings. The standard InChI is InChI=1S/C21H27N5O5S/c1-31-21-22-16(11-19(23-21)24-32(2,29)30)20(28)26-10-8-17(18(27)13-26)25-9-7-14-5-3-4-6-15(14)12-25/h3-6,11,17-18,27H,7-10,12-13H2,1-2H3,(H,22,23,24)/t17-,18-/m1/s1. The van der Waals surface area contributed by atoms with Gasteiger partial charge in [-0.25, -0.2) is 8.42 Å². The summed E-state index contributed by atoms with van der Waals surface area (Å²) in [6.07, 6.45) is 1.86. The molecular weight excluding hydrogens is 434 g/mol. The number of piperidine rings is 1. The lowest BCUT2D eigenvalue weighted by Crippen LogP contribution is -2.56. The number of nitrogens with zero attached hydrogens (tertiary/aromatic N) is 4. The van der Waals surface area contributed by atoms with Gasteiger partial charge in [-0.15, -0.1) is 0 Å². The van der Waals surface area contributed by atoms with E-state index < -0.39 is 22.0 Å². The Morgan fingerprint density at radius 1 is 1.22 bits per heavy atom. The molecular formula is C21H27N5O5S. The maximum Gasteiger partial charge on any atom is 0.318 e. The summed E-state index contributed by atoms with van der Waals surface area (Å²) in [6, 6.07) is 9.46. The van der Waals surface area contributed by atoms with Gasteiger partial charge in [0.2, 0.25) is 10.0 Å². The first-order chi connectivity index (χ1) is 15.2. The van der Waals surface area contributed by atoms with Crippen molar-refractivity contribution in [3.05, 3.63) is 47.2 Å². The van der Waals surface area contributed by atoms with Gasteiger partial charge in [0, 0.05) is 38.3 Å². The quantitative estimate of drug-likeness (QED) is 0.659. The fraction of sp³-hybridized carbons (Fsp3) is 0.476. The topological polar surface area (TPSA) is 125 Å². The second kappa shape index (κ2) is 9.00. The maximum atomic E-state index is 13.1. The molecule has 0 radical (unpaired) electrons. The molecule has 0 aliphatic carbocycles. The highest BCUT2D eigenvalue weighted by Crippen LogP contribution is 2.26. The fourth-order valence-electron chi connectivity index (χ4n) is 4.36. The molecule has 1 aromatic carbocycles. The second-order valence-electron chi connectivity index (χ2n) is 8.16. The number of anilines is 1. The molecule has 32 heavy (non-hydrogen) atoms. The third-order valence-corrected chi connectivity index (χ3v) is 6.44. The zero-order valence-electron chi connectivity index (χ0n) is 18.1. The van der Waals surface area contributed by atoms with E-state index in [1.807, 2.05) is 12.1 Å². The van der Waals surface area contributed by atoms with Crippen LogP contribution in [-0.2, 0) is 23.0 Å². The van der Waals surface area contributed by atoms with Crippen molar-refractivity contribution in [3.63, 3.8) is 0 Å². The largest absolute Gasteiger partial charge is 0.467 e. The van der Waals surface area contributed by atoms with E-state index in [1.54, 1.807) is 0 Å². The van der Waals surface area contributed by atoms with Crippen molar-refractivity contribution in [1.29, 1.82) is 0 Å². The Morgan fingerprint density at radius 2 is 1.97 bits per heavy atom. The lowest BCUT2D eigenvalue weighted by atomic mass is 9.94. The molecule has 2 atom stereocenters. The van der Waals surface area contributed by atoms with Gasteiger partial charge in [-0.1, -0.05) is 24.3 Å². The van der Waals surface area contributed by atoms with Crippen LogP contribution in [0.15, 0.2) is 30.3 Å². The highest BCUT2D eigenvalue weighted by atomic mass is 32.2. The number of nitrogens with one attached hydrogen (secondary N) is 1. The Morgan fingerprint density at radius 3 is 2.66 bits per heavy atom. The van der Waals surface area contributed by atoms with Gasteiger partial charge in [0.1, 0.15) is 11.5 Å². The van der Waals surface area contributed by atoms with E-state index in [0.29, 0.717) is 13.0 Å². The van der Waals surface area contributed by atoms with Crippen molar-refractivity contribution in [1.82, 2.24) is 19.8 Å². The van der Waals surface area contributed by atoms with E-state index in [-0.39, 0.29) is 30.1 Å². The molecule has 2 aromatic rings. The van der Waals surface area contributed by atoms with E-state index >= 15 is 0 Å². The summed E-state index contributed by atoms with van der Waals surface area (Å²) in [5, 5.41) is 10.9. The Labute approximate surface area is 187 Å². The van der Waals surface area contributed by atoms with Gasteiger partial charge in [-0.05, 0) is 24.0 Å². The average Bonchev–Trinajstić information content (AvgIpc) is 2.76. The molecule has 0 saturated carbocycles. The summed E-state index contributed by atoms with van der Waals surface area (Å²) < 4.78 is 30.3. The Hall–Kier alpha value is -2.76. The van der Waals surface area contributed by atoms with Gasteiger partial charge in [0.25, 0.3) is 5.91 Å². The number of carbonyl (C=O) groups excluding carboxylic acids is 1. The number of ether oxygens (including phenoxy) is 1. The van der Waals surface area contributed by atoms with Crippen molar-refractivity contribution < 1.29 is 23.1 Å². The number of amides is 1. The number of fused-ring (bicyclic) bond motifs is 1. The first-order valence-electron chi connectivity index (χ1n) is 10.4. The van der Waals surface area contributed by atoms with Crippen molar-refractivity contribution >= 4 is 21.7 Å². The van der Waals surface area contributed by atoms with Gasteiger partial charge in [-0.2, -0.15) is 9.97 Å². The van der Waals surface area contributed by atoms with Crippen LogP contribution in [0.2, 0.25) is 0 Å². The summed E-state index contributed by atoms with van der Waals surface area (Å²) in [5.41, 5.74) is 2.63. The first kappa shape index (κ1) is 22.4. The number of hydrogen-bond acceptors (Lipinski definition) is 8. The highest BCUT2D eigenvalue weighted by Gasteiger charge is 2.36. The molecule has 10 nitrogen and oxygen atoms in total. The lowest BCUT2D eigenvalue weighted by molar-refractivity contribution is -0.0139. The van der Waals surface area contributed by atoms with E-state index in [4.69, 9.17) is 4.74 Å². The smallest absolute Gasteiger partial charge is 0.318 e. The second-order valence-corrected chi connectivity index (χ2v) is 9.91. The van der Waals surface area contributed by atoms with Crippen LogP contribution >= 0.6 is 0 Å². The maximum absolute atomic E-state index is 13.1. The number of β-amino-alcohol motifs (C(OH)–C–C–N with tert-alkyl or cyclic N) is 1. The Bertz CT molecular complexity index is 1110. The normalized spacial score (nSPS) is 21.7. The zero-order chi connectivity index (χ0) is 22.9. The number of aliphatic hydroxyl groups is 1. The number of aliphatic hydroxyl groups excluding tert-OH is 1. The first-order valence-corrected chi connectivity index (χ1v) is 12.3. The molecule has 172 valence electrons. The van der Waals surface area contributed by atoms with Crippen LogP contribution in [0.4, 0.5) is 5.82 Å². The predicted octanol–water partition coefficient (Wildman–Crippen LogP) is 0.490. The average molecular weight is 462 g/mol. The molecule has 1 aromatic heterocycles. The third kappa shape index (κ3) is 5.00. The molecule has 0 unspecified atom stereocenters. The number of methoxy groups -OCH3 is 1. The molecule has 3 heterocycles. The number of likely N-dealkylation sites (tertiary alicyclic amines) is 1. The molecule has 0 bridgehead atoms.